The third-order valence-corrected chi connectivity index (χ3v) is 5.89. The second kappa shape index (κ2) is 8.51. The van der Waals surface area contributed by atoms with Crippen LogP contribution in [0.4, 0.5) is 13.2 Å². The molecule has 11 heteroatoms. The molecule has 1 unspecified atom stereocenters. The van der Waals surface area contributed by atoms with Crippen molar-refractivity contribution in [1.29, 1.82) is 0 Å². The number of carbonyl (C=O) groups is 2. The summed E-state index contributed by atoms with van der Waals surface area (Å²) < 4.78 is 35.7. The number of amides is 1. The van der Waals surface area contributed by atoms with Gasteiger partial charge in [-0.1, -0.05) is 4.49 Å². The molecule has 1 amide bonds. The van der Waals surface area contributed by atoms with Gasteiger partial charge in [0.1, 0.15) is 4.88 Å². The second-order valence-corrected chi connectivity index (χ2v) is 7.69. The van der Waals surface area contributed by atoms with Gasteiger partial charge in [0.25, 0.3) is 5.91 Å². The van der Waals surface area contributed by atoms with E-state index in [1.165, 1.54) is 18.0 Å². The van der Waals surface area contributed by atoms with Crippen LogP contribution in [0, 0.1) is 6.92 Å². The van der Waals surface area contributed by atoms with Crippen LogP contribution in [0.1, 0.15) is 47.5 Å². The van der Waals surface area contributed by atoms with Crippen LogP contribution in [0.3, 0.4) is 0 Å². The van der Waals surface area contributed by atoms with Crippen molar-refractivity contribution >= 4 is 23.4 Å². The third kappa shape index (κ3) is 5.16. The molecule has 0 aliphatic carbocycles. The van der Waals surface area contributed by atoms with E-state index in [4.69, 9.17) is 9.90 Å². The Labute approximate surface area is 159 Å². The smallest absolute Gasteiger partial charge is 0.475 e. The topological polar surface area (TPSA) is 86.6 Å². The number of alkyl halides is 3. The molecule has 3 rings (SSSR count). The Morgan fingerprint density at radius 1 is 1.15 bits per heavy atom. The Balaban J connectivity index is 0.000000321. The lowest BCUT2D eigenvalue weighted by Crippen LogP contribution is -2.47. The number of aromatic nitrogens is 2. The van der Waals surface area contributed by atoms with Crippen molar-refractivity contribution in [3.63, 3.8) is 0 Å². The zero-order valence-corrected chi connectivity index (χ0v) is 16.1. The highest BCUT2D eigenvalue weighted by Gasteiger charge is 2.44. The van der Waals surface area contributed by atoms with Gasteiger partial charge in [-0.15, -0.1) is 5.10 Å². The van der Waals surface area contributed by atoms with Gasteiger partial charge in [0.2, 0.25) is 0 Å². The summed E-state index contributed by atoms with van der Waals surface area (Å²) in [6.45, 7) is 4.99. The monoisotopic (exact) mass is 408 g/mol. The number of halogens is 3. The summed E-state index contributed by atoms with van der Waals surface area (Å²) in [4.78, 5) is 27.0. The van der Waals surface area contributed by atoms with Gasteiger partial charge in [-0.2, -0.15) is 13.2 Å². The maximum atomic E-state index is 12.8. The van der Waals surface area contributed by atoms with Gasteiger partial charge in [-0.05, 0) is 64.2 Å². The molecule has 3 heterocycles. The fourth-order valence-corrected chi connectivity index (χ4v) is 4.25. The quantitative estimate of drug-likeness (QED) is 0.769. The van der Waals surface area contributed by atoms with Crippen molar-refractivity contribution in [1.82, 2.24) is 19.4 Å². The first-order valence-electron chi connectivity index (χ1n) is 8.66. The molecule has 0 aromatic carbocycles. The van der Waals surface area contributed by atoms with E-state index in [0.717, 1.165) is 55.9 Å². The minimum Gasteiger partial charge on any atom is -0.475 e. The molecule has 7 nitrogen and oxygen atoms in total. The Morgan fingerprint density at radius 3 is 2.26 bits per heavy atom. The van der Waals surface area contributed by atoms with Gasteiger partial charge in [-0.25, -0.2) is 4.79 Å². The van der Waals surface area contributed by atoms with E-state index in [0.29, 0.717) is 0 Å². The van der Waals surface area contributed by atoms with Crippen molar-refractivity contribution in [3.8, 4) is 0 Å². The van der Waals surface area contributed by atoms with E-state index in [1.54, 1.807) is 0 Å². The molecule has 1 atom stereocenters. The highest BCUT2D eigenvalue weighted by atomic mass is 32.1. The van der Waals surface area contributed by atoms with E-state index >= 15 is 0 Å². The number of carboxylic acids is 1. The molecule has 0 radical (unpaired) electrons. The van der Waals surface area contributed by atoms with Crippen LogP contribution in [0.15, 0.2) is 0 Å². The maximum Gasteiger partial charge on any atom is 0.490 e. The predicted octanol–water partition coefficient (Wildman–Crippen LogP) is 2.57. The number of likely N-dealkylation sites (tertiary alicyclic amines) is 2. The summed E-state index contributed by atoms with van der Waals surface area (Å²) in [6.07, 6.45) is 0.605. The van der Waals surface area contributed by atoms with Crippen molar-refractivity contribution in [2.45, 2.75) is 50.7 Å². The number of aryl methyl sites for hydroxylation is 1. The molecule has 2 fully saturated rings. The summed E-state index contributed by atoms with van der Waals surface area (Å²) in [6, 6.07) is 0. The maximum absolute atomic E-state index is 12.8. The number of carboxylic acid groups (broad SMARTS) is 1. The van der Waals surface area contributed by atoms with E-state index in [-0.39, 0.29) is 11.4 Å². The van der Waals surface area contributed by atoms with E-state index in [1.807, 2.05) is 6.92 Å². The number of carbonyl (C=O) groups excluding carboxylic acids is 1. The lowest BCUT2D eigenvalue weighted by molar-refractivity contribution is -0.192. The molecular formula is C16H23F3N4O3S. The average Bonchev–Trinajstić information content (AvgIpc) is 3.13. The largest absolute Gasteiger partial charge is 0.490 e. The number of nitrogens with zero attached hydrogens (tertiary/aromatic N) is 4. The molecule has 1 aromatic heterocycles. The molecule has 2 aliphatic heterocycles. The number of rotatable bonds is 1. The summed E-state index contributed by atoms with van der Waals surface area (Å²) in [5.74, 6) is -2.60. The van der Waals surface area contributed by atoms with Crippen LogP contribution in [-0.4, -0.2) is 74.8 Å². The van der Waals surface area contributed by atoms with Gasteiger partial charge < -0.3 is 14.9 Å². The van der Waals surface area contributed by atoms with Crippen LogP contribution in [0.2, 0.25) is 0 Å². The van der Waals surface area contributed by atoms with Crippen LogP contribution < -0.4 is 0 Å². The average molecular weight is 408 g/mol. The minimum absolute atomic E-state index is 0.0816. The minimum atomic E-state index is -5.08. The molecule has 1 aromatic rings. The summed E-state index contributed by atoms with van der Waals surface area (Å²) in [5, 5.41) is 11.1. The molecule has 1 N–H and O–H groups in total. The second-order valence-electron chi connectivity index (χ2n) is 6.93. The molecule has 2 saturated heterocycles. The first kappa shape index (κ1) is 21.5. The molecule has 1 spiro atoms. The molecular weight excluding hydrogens is 385 g/mol. The van der Waals surface area contributed by atoms with Crippen molar-refractivity contribution < 1.29 is 27.9 Å². The fourth-order valence-electron chi connectivity index (χ4n) is 3.64. The van der Waals surface area contributed by atoms with Crippen LogP contribution in [-0.2, 0) is 4.79 Å². The van der Waals surface area contributed by atoms with Gasteiger partial charge in [0.05, 0.1) is 5.69 Å². The number of hydrogen-bond donors (Lipinski definition) is 1. The molecule has 0 bridgehead atoms. The van der Waals surface area contributed by atoms with E-state index in [2.05, 4.69) is 26.4 Å². The van der Waals surface area contributed by atoms with E-state index in [9.17, 15) is 18.0 Å². The zero-order chi connectivity index (χ0) is 20.2. The van der Waals surface area contributed by atoms with Crippen LogP contribution in [0.5, 0.6) is 0 Å². The Hall–Kier alpha value is -1.75. The lowest BCUT2D eigenvalue weighted by atomic mass is 9.87. The Morgan fingerprint density at radius 2 is 1.74 bits per heavy atom. The van der Waals surface area contributed by atoms with Crippen molar-refractivity contribution in [2.75, 3.05) is 26.7 Å². The first-order valence-corrected chi connectivity index (χ1v) is 9.44. The predicted molar refractivity (Wildman–Crippen MR) is 92.7 cm³/mol. The zero-order valence-electron chi connectivity index (χ0n) is 15.3. The lowest BCUT2D eigenvalue weighted by Gasteiger charge is -2.38. The SMILES string of the molecule is Cc1nnsc1C(=O)N1CCCC12CCCN(C)CC2.O=C(O)C(F)(F)F. The highest BCUT2D eigenvalue weighted by Crippen LogP contribution is 2.39. The van der Waals surface area contributed by atoms with Crippen LogP contribution in [0.25, 0.3) is 0 Å². The first-order chi connectivity index (χ1) is 12.6. The normalized spacial score (nSPS) is 23.7. The van der Waals surface area contributed by atoms with Gasteiger partial charge in [-0.3, -0.25) is 4.79 Å². The van der Waals surface area contributed by atoms with Crippen molar-refractivity contribution in [3.05, 3.63) is 10.6 Å². The van der Waals surface area contributed by atoms with E-state index < -0.39 is 12.1 Å². The Bertz CT molecular complexity index is 682. The van der Waals surface area contributed by atoms with Crippen LogP contribution >= 0.6 is 11.5 Å². The van der Waals surface area contributed by atoms with Gasteiger partial charge in [0, 0.05) is 18.6 Å². The highest BCUT2D eigenvalue weighted by molar-refractivity contribution is 7.07. The molecule has 27 heavy (non-hydrogen) atoms. The standard InChI is InChI=1S/C14H22N4OS.C2HF3O2/c1-11-12(20-16-15-11)13(19)18-9-4-6-14(18)5-3-8-17(2)10-7-14;3-2(4,5)1(6)7/h3-10H2,1-2H3;(H,6,7). The molecule has 0 saturated carbocycles. The Kier molecular flexibility index (Phi) is 6.79. The van der Waals surface area contributed by atoms with Gasteiger partial charge >= 0.3 is 12.1 Å². The number of aliphatic carboxylic acids is 1. The fraction of sp³-hybridized carbons (Fsp3) is 0.750. The van der Waals surface area contributed by atoms with Crippen molar-refractivity contribution in [2.24, 2.45) is 0 Å². The number of hydrogen-bond acceptors (Lipinski definition) is 6. The third-order valence-electron chi connectivity index (χ3n) is 5.07. The summed E-state index contributed by atoms with van der Waals surface area (Å²) in [7, 11) is 2.18. The van der Waals surface area contributed by atoms with Gasteiger partial charge in [0.15, 0.2) is 0 Å². The molecule has 152 valence electrons. The summed E-state index contributed by atoms with van der Waals surface area (Å²) >= 11 is 1.23. The summed E-state index contributed by atoms with van der Waals surface area (Å²) in [5.41, 5.74) is 0.853. The molecule has 2 aliphatic rings.